The second-order valence-electron chi connectivity index (χ2n) is 6.08. The number of tetrazole rings is 2. The van der Waals surface area contributed by atoms with Crippen LogP contribution in [0, 0.1) is 0 Å². The van der Waals surface area contributed by atoms with Crippen LogP contribution in [0.1, 0.15) is 54.4 Å². The van der Waals surface area contributed by atoms with Gasteiger partial charge in [0.15, 0.2) is 5.82 Å². The van der Waals surface area contributed by atoms with E-state index in [2.05, 4.69) is 72.1 Å². The summed E-state index contributed by atoms with van der Waals surface area (Å²) in [5.74, 6) is 1.99. The van der Waals surface area contributed by atoms with Gasteiger partial charge in [-0.05, 0) is 51.2 Å². The third kappa shape index (κ3) is 5.03. The molecular formula is C17H22N8. The molecule has 0 bridgehead atoms. The van der Waals surface area contributed by atoms with Crippen LogP contribution in [0.5, 0.6) is 0 Å². The van der Waals surface area contributed by atoms with Crippen molar-refractivity contribution in [1.29, 1.82) is 0 Å². The average molecular weight is 338 g/mol. The van der Waals surface area contributed by atoms with Crippen LogP contribution in [0.25, 0.3) is 6.08 Å². The van der Waals surface area contributed by atoms with Gasteiger partial charge >= 0.3 is 0 Å². The third-order valence-corrected chi connectivity index (χ3v) is 4.30. The molecule has 0 amide bonds. The number of rotatable bonds is 10. The Morgan fingerprint density at radius 1 is 0.960 bits per heavy atom. The third-order valence-electron chi connectivity index (χ3n) is 4.30. The van der Waals surface area contributed by atoms with Crippen LogP contribution < -0.4 is 0 Å². The number of nitrogens with zero attached hydrogens (tertiary/aromatic N) is 6. The minimum atomic E-state index is 0.288. The average Bonchev–Trinajstić information content (AvgIpc) is 3.35. The van der Waals surface area contributed by atoms with Crippen molar-refractivity contribution >= 4 is 6.08 Å². The fourth-order valence-electron chi connectivity index (χ4n) is 2.89. The maximum Gasteiger partial charge on any atom is 0.151 e. The molecule has 8 nitrogen and oxygen atoms in total. The molecule has 2 aromatic heterocycles. The quantitative estimate of drug-likeness (QED) is 0.550. The summed E-state index contributed by atoms with van der Waals surface area (Å²) in [6.45, 7) is 3.79. The normalized spacial score (nSPS) is 12.2. The van der Waals surface area contributed by atoms with Gasteiger partial charge in [-0.2, -0.15) is 0 Å². The Labute approximate surface area is 146 Å². The number of aromatic nitrogens is 8. The highest BCUT2D eigenvalue weighted by Crippen LogP contribution is 2.24. The van der Waals surface area contributed by atoms with Crippen molar-refractivity contribution in [2.24, 2.45) is 0 Å². The molecule has 1 atom stereocenters. The number of aromatic amines is 2. The van der Waals surface area contributed by atoms with Crippen LogP contribution in [-0.4, -0.2) is 41.2 Å². The number of nitrogens with one attached hydrogen (secondary N) is 2. The zero-order valence-corrected chi connectivity index (χ0v) is 14.1. The lowest BCUT2D eigenvalue weighted by Crippen LogP contribution is -2.06. The number of hydrogen-bond donors (Lipinski definition) is 2. The molecule has 2 N–H and O–H groups in total. The Kier molecular flexibility index (Phi) is 5.97. The Morgan fingerprint density at radius 3 is 2.44 bits per heavy atom. The van der Waals surface area contributed by atoms with E-state index in [1.54, 1.807) is 0 Å². The van der Waals surface area contributed by atoms with Gasteiger partial charge in [0.2, 0.25) is 0 Å². The van der Waals surface area contributed by atoms with E-state index in [0.717, 1.165) is 55.7 Å². The highest BCUT2D eigenvalue weighted by atomic mass is 15.5. The zero-order chi connectivity index (χ0) is 17.3. The zero-order valence-electron chi connectivity index (χ0n) is 14.1. The Balaban J connectivity index is 1.51. The molecule has 8 heteroatoms. The van der Waals surface area contributed by atoms with Crippen molar-refractivity contribution in [3.05, 3.63) is 53.6 Å². The first-order chi connectivity index (χ1) is 12.3. The molecular weight excluding hydrogens is 316 g/mol. The highest BCUT2D eigenvalue weighted by Gasteiger charge is 2.16. The standard InChI is InChI=1S/C17H22N8/c1-2-13-8-10-14(11-9-13)12-15(17-20-24-25-21-17)6-4-3-5-7-16-18-22-23-19-16/h2,8-11,15H,1,3-7,12H2,(H,18,19,22,23)(H,20,21,24,25). The van der Waals surface area contributed by atoms with Gasteiger partial charge in [-0.1, -0.05) is 49.8 Å². The van der Waals surface area contributed by atoms with Gasteiger partial charge in [0.25, 0.3) is 0 Å². The predicted octanol–water partition coefficient (Wildman–Crippen LogP) is 2.49. The molecule has 130 valence electrons. The van der Waals surface area contributed by atoms with Gasteiger partial charge in [0, 0.05) is 12.3 Å². The van der Waals surface area contributed by atoms with Crippen LogP contribution >= 0.6 is 0 Å². The molecule has 0 aliphatic heterocycles. The molecule has 3 rings (SSSR count). The van der Waals surface area contributed by atoms with Gasteiger partial charge < -0.3 is 0 Å². The summed E-state index contributed by atoms with van der Waals surface area (Å²) < 4.78 is 0. The number of unbranched alkanes of at least 4 members (excludes halogenated alkanes) is 2. The molecule has 0 aliphatic carbocycles. The van der Waals surface area contributed by atoms with Crippen molar-refractivity contribution in [3.63, 3.8) is 0 Å². The van der Waals surface area contributed by atoms with E-state index in [4.69, 9.17) is 0 Å². The lowest BCUT2D eigenvalue weighted by atomic mass is 9.92. The SMILES string of the molecule is C=Cc1ccc(CC(CCCCCc2nnn[nH]2)c2nnn[nH]2)cc1. The molecule has 0 fully saturated rings. The van der Waals surface area contributed by atoms with E-state index in [9.17, 15) is 0 Å². The lowest BCUT2D eigenvalue weighted by Gasteiger charge is -2.14. The Bertz CT molecular complexity index is 734. The second kappa shape index (κ2) is 8.81. The first-order valence-electron chi connectivity index (χ1n) is 8.52. The first kappa shape index (κ1) is 16.9. The number of hydrogen-bond acceptors (Lipinski definition) is 6. The molecule has 2 heterocycles. The first-order valence-corrected chi connectivity index (χ1v) is 8.52. The molecule has 0 saturated heterocycles. The molecule has 1 aromatic carbocycles. The fourth-order valence-corrected chi connectivity index (χ4v) is 2.89. The number of benzene rings is 1. The Hall–Kier alpha value is -2.90. The van der Waals surface area contributed by atoms with Crippen LogP contribution in [-0.2, 0) is 12.8 Å². The summed E-state index contributed by atoms with van der Waals surface area (Å²) in [5, 5.41) is 28.4. The van der Waals surface area contributed by atoms with E-state index < -0.39 is 0 Å². The van der Waals surface area contributed by atoms with Crippen LogP contribution in [0.2, 0.25) is 0 Å². The van der Waals surface area contributed by atoms with E-state index in [-0.39, 0.29) is 5.92 Å². The van der Waals surface area contributed by atoms with Gasteiger partial charge in [-0.15, -0.1) is 10.2 Å². The molecule has 0 radical (unpaired) electrons. The molecule has 0 aliphatic rings. The summed E-state index contributed by atoms with van der Waals surface area (Å²) in [5.41, 5.74) is 2.41. The summed E-state index contributed by atoms with van der Waals surface area (Å²) in [7, 11) is 0. The lowest BCUT2D eigenvalue weighted by molar-refractivity contribution is 0.531. The summed E-state index contributed by atoms with van der Waals surface area (Å²) >= 11 is 0. The van der Waals surface area contributed by atoms with E-state index in [1.165, 1.54) is 5.56 Å². The molecule has 1 unspecified atom stereocenters. The fraction of sp³-hybridized carbons (Fsp3) is 0.412. The molecule has 25 heavy (non-hydrogen) atoms. The topological polar surface area (TPSA) is 109 Å². The van der Waals surface area contributed by atoms with E-state index >= 15 is 0 Å². The van der Waals surface area contributed by atoms with Gasteiger partial charge in [-0.25, -0.2) is 10.2 Å². The highest BCUT2D eigenvalue weighted by molar-refractivity contribution is 5.47. The van der Waals surface area contributed by atoms with Crippen LogP contribution in [0.4, 0.5) is 0 Å². The van der Waals surface area contributed by atoms with Gasteiger partial charge in [-0.3, -0.25) is 0 Å². The monoisotopic (exact) mass is 338 g/mol. The summed E-state index contributed by atoms with van der Waals surface area (Å²) in [6.07, 6.45) is 7.98. The van der Waals surface area contributed by atoms with E-state index in [1.807, 2.05) is 6.08 Å². The predicted molar refractivity (Wildman–Crippen MR) is 93.5 cm³/mol. The second-order valence-corrected chi connectivity index (χ2v) is 6.08. The number of aryl methyl sites for hydroxylation is 1. The van der Waals surface area contributed by atoms with Crippen LogP contribution in [0.15, 0.2) is 30.8 Å². The summed E-state index contributed by atoms with van der Waals surface area (Å²) in [4.78, 5) is 0. The Morgan fingerprint density at radius 2 is 1.76 bits per heavy atom. The smallest absolute Gasteiger partial charge is 0.151 e. The minimum absolute atomic E-state index is 0.288. The largest absolute Gasteiger partial charge is 0.243 e. The maximum absolute atomic E-state index is 4.12. The number of H-pyrrole nitrogens is 2. The van der Waals surface area contributed by atoms with Crippen molar-refractivity contribution in [2.45, 2.75) is 44.4 Å². The van der Waals surface area contributed by atoms with Crippen molar-refractivity contribution < 1.29 is 0 Å². The maximum atomic E-state index is 4.12. The van der Waals surface area contributed by atoms with Crippen molar-refractivity contribution in [1.82, 2.24) is 41.2 Å². The van der Waals surface area contributed by atoms with Crippen molar-refractivity contribution in [3.8, 4) is 0 Å². The van der Waals surface area contributed by atoms with E-state index in [0.29, 0.717) is 0 Å². The van der Waals surface area contributed by atoms with Crippen LogP contribution in [0.3, 0.4) is 0 Å². The van der Waals surface area contributed by atoms with Gasteiger partial charge in [0.05, 0.1) is 0 Å². The summed E-state index contributed by atoms with van der Waals surface area (Å²) in [6, 6.07) is 8.46. The molecule has 0 saturated carbocycles. The van der Waals surface area contributed by atoms with Gasteiger partial charge in [0.1, 0.15) is 5.82 Å². The minimum Gasteiger partial charge on any atom is -0.243 e. The molecule has 0 spiro atoms. The molecule has 3 aromatic rings. The van der Waals surface area contributed by atoms with Crippen molar-refractivity contribution in [2.75, 3.05) is 0 Å².